The lowest BCUT2D eigenvalue weighted by molar-refractivity contribution is -0.139. The second kappa shape index (κ2) is 7.06. The number of carbonyl (C=O) groups excluding carboxylic acids is 1. The number of carbonyl (C=O) groups is 2. The maximum absolute atomic E-state index is 12.2. The van der Waals surface area contributed by atoms with Crippen molar-refractivity contribution in [3.63, 3.8) is 0 Å². The topological polar surface area (TPSA) is 99.3 Å². The van der Waals surface area contributed by atoms with Gasteiger partial charge in [0.2, 0.25) is 0 Å². The van der Waals surface area contributed by atoms with Gasteiger partial charge in [-0.1, -0.05) is 12.2 Å². The lowest BCUT2D eigenvalue weighted by Gasteiger charge is -2.17. The molecule has 0 spiro atoms. The lowest BCUT2D eigenvalue weighted by Crippen LogP contribution is -2.42. The molecule has 0 aliphatic heterocycles. The summed E-state index contributed by atoms with van der Waals surface area (Å²) in [5, 5.41) is 11.5. The van der Waals surface area contributed by atoms with E-state index >= 15 is 0 Å². The molecule has 118 valence electrons. The van der Waals surface area contributed by atoms with Crippen molar-refractivity contribution < 1.29 is 14.7 Å². The minimum absolute atomic E-state index is 0.0209. The van der Waals surface area contributed by atoms with E-state index in [0.29, 0.717) is 0 Å². The van der Waals surface area contributed by atoms with E-state index in [1.165, 1.54) is 0 Å². The first-order valence-corrected chi connectivity index (χ1v) is 7.42. The van der Waals surface area contributed by atoms with Crippen molar-refractivity contribution in [1.82, 2.24) is 10.3 Å². The van der Waals surface area contributed by atoms with Crippen molar-refractivity contribution in [2.75, 3.05) is 0 Å². The van der Waals surface area contributed by atoms with E-state index in [1.54, 1.807) is 25.1 Å². The molecule has 1 atom stereocenters. The number of aryl methyl sites for hydroxylation is 2. The van der Waals surface area contributed by atoms with Crippen molar-refractivity contribution >= 4 is 11.9 Å². The average Bonchev–Trinajstić information content (AvgIpc) is 2.50. The molecule has 6 nitrogen and oxygen atoms in total. The monoisotopic (exact) mass is 304 g/mol. The predicted octanol–water partition coefficient (Wildman–Crippen LogP) is 1.40. The normalized spacial score (nSPS) is 15.3. The Morgan fingerprint density at radius 3 is 2.82 bits per heavy atom. The number of amides is 1. The van der Waals surface area contributed by atoms with Gasteiger partial charge in [-0.2, -0.15) is 0 Å². The molecule has 22 heavy (non-hydrogen) atoms. The molecule has 1 aromatic rings. The van der Waals surface area contributed by atoms with Crippen LogP contribution in [0.1, 0.15) is 47.8 Å². The van der Waals surface area contributed by atoms with Gasteiger partial charge in [-0.3, -0.25) is 9.59 Å². The van der Waals surface area contributed by atoms with Crippen LogP contribution in [-0.2, 0) is 17.6 Å². The third-order valence-electron chi connectivity index (χ3n) is 3.79. The van der Waals surface area contributed by atoms with Crippen molar-refractivity contribution in [3.8, 4) is 0 Å². The Morgan fingerprint density at radius 1 is 1.41 bits per heavy atom. The molecule has 2 rings (SSSR count). The molecule has 1 aliphatic carbocycles. The number of nitrogens with one attached hydrogen (secondary N) is 2. The minimum atomic E-state index is -1.12. The number of hydrogen-bond acceptors (Lipinski definition) is 3. The molecule has 1 unspecified atom stereocenters. The van der Waals surface area contributed by atoms with Crippen LogP contribution in [0.5, 0.6) is 0 Å². The number of carboxylic acid groups (broad SMARTS) is 1. The van der Waals surface area contributed by atoms with Gasteiger partial charge in [-0.05, 0) is 50.7 Å². The summed E-state index contributed by atoms with van der Waals surface area (Å²) in [6.07, 6.45) is 7.25. The minimum Gasteiger partial charge on any atom is -0.480 e. The molecule has 0 radical (unpaired) electrons. The highest BCUT2D eigenvalue weighted by Crippen LogP contribution is 2.18. The fourth-order valence-electron chi connectivity index (χ4n) is 2.57. The highest BCUT2D eigenvalue weighted by Gasteiger charge is 2.22. The van der Waals surface area contributed by atoms with Gasteiger partial charge in [0.1, 0.15) is 11.6 Å². The van der Waals surface area contributed by atoms with Gasteiger partial charge in [0.25, 0.3) is 11.5 Å². The number of fused-ring (bicyclic) bond motifs is 1. The number of aromatic nitrogens is 1. The fourth-order valence-corrected chi connectivity index (χ4v) is 2.57. The molecule has 3 N–H and O–H groups in total. The summed E-state index contributed by atoms with van der Waals surface area (Å²) >= 11 is 0. The Labute approximate surface area is 128 Å². The standard InChI is InChI=1S/C16H20N2O4/c1-2-3-7-13(16(21)22)18-15(20)11-9-10-6-4-5-8-12(10)17-14(11)19/h2-3,9,13H,4-8H2,1H3,(H,17,19)(H,18,20)(H,21,22)/b3-2+. The van der Waals surface area contributed by atoms with Gasteiger partial charge in [0.05, 0.1) is 0 Å². The van der Waals surface area contributed by atoms with E-state index in [0.717, 1.165) is 36.9 Å². The van der Waals surface area contributed by atoms with Crippen LogP contribution in [0.4, 0.5) is 0 Å². The van der Waals surface area contributed by atoms with E-state index < -0.39 is 23.5 Å². The highest BCUT2D eigenvalue weighted by molar-refractivity contribution is 5.96. The summed E-state index contributed by atoms with van der Waals surface area (Å²) in [4.78, 5) is 38.1. The number of hydrogen-bond donors (Lipinski definition) is 3. The Balaban J connectivity index is 2.21. The second-order valence-corrected chi connectivity index (χ2v) is 5.39. The van der Waals surface area contributed by atoms with E-state index in [1.807, 2.05) is 0 Å². The number of aliphatic carboxylic acids is 1. The summed E-state index contributed by atoms with van der Waals surface area (Å²) < 4.78 is 0. The first-order valence-electron chi connectivity index (χ1n) is 7.42. The molecular weight excluding hydrogens is 284 g/mol. The maximum Gasteiger partial charge on any atom is 0.326 e. The van der Waals surface area contributed by atoms with Crippen molar-refractivity contribution in [1.29, 1.82) is 0 Å². The molecule has 1 amide bonds. The molecule has 0 aromatic carbocycles. The number of allylic oxidation sites excluding steroid dienone is 1. The molecule has 1 aliphatic rings. The summed E-state index contributed by atoms with van der Waals surface area (Å²) in [5.41, 5.74) is 1.37. The Morgan fingerprint density at radius 2 is 2.14 bits per heavy atom. The first-order chi connectivity index (χ1) is 10.5. The summed E-state index contributed by atoms with van der Waals surface area (Å²) in [5.74, 6) is -1.77. The van der Waals surface area contributed by atoms with Crippen molar-refractivity contribution in [2.24, 2.45) is 0 Å². The molecule has 0 bridgehead atoms. The van der Waals surface area contributed by atoms with E-state index in [4.69, 9.17) is 5.11 Å². The largest absolute Gasteiger partial charge is 0.480 e. The van der Waals surface area contributed by atoms with E-state index in [2.05, 4.69) is 10.3 Å². The van der Waals surface area contributed by atoms with Gasteiger partial charge in [-0.15, -0.1) is 0 Å². The summed E-state index contributed by atoms with van der Waals surface area (Å²) in [7, 11) is 0. The van der Waals surface area contributed by atoms with Gasteiger partial charge in [0, 0.05) is 5.69 Å². The molecule has 6 heteroatoms. The highest BCUT2D eigenvalue weighted by atomic mass is 16.4. The van der Waals surface area contributed by atoms with Gasteiger partial charge in [-0.25, -0.2) is 4.79 Å². The number of H-pyrrole nitrogens is 1. The zero-order chi connectivity index (χ0) is 16.1. The molecule has 1 heterocycles. The van der Waals surface area contributed by atoms with Crippen LogP contribution in [0.25, 0.3) is 0 Å². The van der Waals surface area contributed by atoms with Gasteiger partial charge in [0.15, 0.2) is 0 Å². The Kier molecular flexibility index (Phi) is 5.14. The lowest BCUT2D eigenvalue weighted by atomic mass is 9.95. The van der Waals surface area contributed by atoms with Gasteiger partial charge >= 0.3 is 5.97 Å². The van der Waals surface area contributed by atoms with Crippen molar-refractivity contribution in [3.05, 3.63) is 45.4 Å². The number of aromatic amines is 1. The zero-order valence-electron chi connectivity index (χ0n) is 12.5. The third-order valence-corrected chi connectivity index (χ3v) is 3.79. The zero-order valence-corrected chi connectivity index (χ0v) is 12.5. The van der Waals surface area contributed by atoms with Crippen LogP contribution in [-0.4, -0.2) is 28.0 Å². The number of carboxylic acids is 1. The van der Waals surface area contributed by atoms with E-state index in [9.17, 15) is 14.4 Å². The predicted molar refractivity (Wildman–Crippen MR) is 82.0 cm³/mol. The van der Waals surface area contributed by atoms with Crippen LogP contribution in [0.15, 0.2) is 23.0 Å². The average molecular weight is 304 g/mol. The smallest absolute Gasteiger partial charge is 0.326 e. The SMILES string of the molecule is C/C=C/CC(NC(=O)c1cc2c([nH]c1=O)CCCC2)C(=O)O. The molecule has 1 aromatic heterocycles. The Bertz CT molecular complexity index is 661. The summed E-state index contributed by atoms with van der Waals surface area (Å²) in [6.45, 7) is 1.77. The summed E-state index contributed by atoms with van der Waals surface area (Å²) in [6, 6.07) is 0.552. The maximum atomic E-state index is 12.2. The molecule has 0 saturated carbocycles. The van der Waals surface area contributed by atoms with Crippen LogP contribution in [0.2, 0.25) is 0 Å². The van der Waals surface area contributed by atoms with Crippen LogP contribution >= 0.6 is 0 Å². The number of pyridine rings is 1. The number of rotatable bonds is 5. The van der Waals surface area contributed by atoms with E-state index in [-0.39, 0.29) is 12.0 Å². The molecule has 0 saturated heterocycles. The molecule has 0 fully saturated rings. The fraction of sp³-hybridized carbons (Fsp3) is 0.438. The third kappa shape index (κ3) is 3.63. The Hall–Kier alpha value is -2.37. The van der Waals surface area contributed by atoms with Gasteiger partial charge < -0.3 is 15.4 Å². The second-order valence-electron chi connectivity index (χ2n) is 5.39. The van der Waals surface area contributed by atoms with Crippen LogP contribution in [0, 0.1) is 0 Å². The first kappa shape index (κ1) is 16.0. The van der Waals surface area contributed by atoms with Crippen LogP contribution in [0.3, 0.4) is 0 Å². The van der Waals surface area contributed by atoms with Crippen LogP contribution < -0.4 is 10.9 Å². The van der Waals surface area contributed by atoms with Crippen molar-refractivity contribution in [2.45, 2.75) is 45.1 Å². The quantitative estimate of drug-likeness (QED) is 0.716. The molecular formula is C16H20N2O4.